The Kier molecular flexibility index (Phi) is 9.11. The number of esters is 1. The molecule has 4 rings (SSSR count). The minimum atomic E-state index is -0.750. The van der Waals surface area contributed by atoms with E-state index in [2.05, 4.69) is 4.98 Å². The molecule has 1 aliphatic rings. The molecule has 0 saturated carbocycles. The molecule has 0 aliphatic carbocycles. The number of anilines is 1. The predicted molar refractivity (Wildman–Crippen MR) is 152 cm³/mol. The summed E-state index contributed by atoms with van der Waals surface area (Å²) in [5, 5.41) is 9.50. The second-order valence-electron chi connectivity index (χ2n) is 10.2. The first kappa shape index (κ1) is 29.4. The monoisotopic (exact) mass is 561 g/mol. The maximum atomic E-state index is 13.2. The van der Waals surface area contributed by atoms with Crippen molar-refractivity contribution < 1.29 is 33.7 Å². The third kappa shape index (κ3) is 6.95. The number of likely N-dealkylation sites (tertiary alicyclic amines) is 1. The van der Waals surface area contributed by atoms with Gasteiger partial charge in [-0.3, -0.25) is 9.59 Å². The topological polar surface area (TPSA) is 119 Å². The molecule has 3 aromatic rings. The van der Waals surface area contributed by atoms with Crippen LogP contribution in [-0.2, 0) is 20.9 Å². The number of carbonyl (C=O) groups excluding carboxylic acids is 3. The van der Waals surface area contributed by atoms with Crippen LogP contribution in [0.4, 0.5) is 5.69 Å². The predicted octanol–water partition coefficient (Wildman–Crippen LogP) is 4.31. The van der Waals surface area contributed by atoms with Crippen LogP contribution in [-0.4, -0.2) is 65.6 Å². The summed E-state index contributed by atoms with van der Waals surface area (Å²) in [6, 6.07) is 16.0. The molecule has 0 bridgehead atoms. The number of nitrogens with zero attached hydrogens (tertiary/aromatic N) is 3. The van der Waals surface area contributed by atoms with Gasteiger partial charge in [0, 0.05) is 32.1 Å². The molecule has 0 spiro atoms. The first-order chi connectivity index (χ1) is 19.6. The van der Waals surface area contributed by atoms with Crippen molar-refractivity contribution in [1.29, 1.82) is 0 Å². The fourth-order valence-electron chi connectivity index (χ4n) is 4.83. The fraction of sp³-hybridized carbons (Fsp3) is 0.355. The molecule has 2 aromatic carbocycles. The van der Waals surface area contributed by atoms with Crippen LogP contribution in [0, 0.1) is 0 Å². The van der Waals surface area contributed by atoms with Crippen LogP contribution in [0.2, 0.25) is 0 Å². The van der Waals surface area contributed by atoms with E-state index in [0.717, 1.165) is 5.56 Å². The molecule has 10 nitrogen and oxygen atoms in total. The van der Waals surface area contributed by atoms with Gasteiger partial charge in [0.15, 0.2) is 11.5 Å². The van der Waals surface area contributed by atoms with Crippen molar-refractivity contribution in [3.8, 4) is 17.2 Å². The van der Waals surface area contributed by atoms with Gasteiger partial charge in [-0.2, -0.15) is 0 Å². The Bertz CT molecular complexity index is 1410. The number of aromatic nitrogens is 1. The van der Waals surface area contributed by atoms with Crippen LogP contribution in [0.5, 0.6) is 17.2 Å². The van der Waals surface area contributed by atoms with Crippen molar-refractivity contribution in [3.05, 3.63) is 77.6 Å². The van der Waals surface area contributed by atoms with Gasteiger partial charge in [0.05, 0.1) is 18.9 Å². The summed E-state index contributed by atoms with van der Waals surface area (Å²) < 4.78 is 16.9. The number of pyridine rings is 1. The zero-order valence-corrected chi connectivity index (χ0v) is 23.9. The number of ether oxygens (including phenoxy) is 3. The van der Waals surface area contributed by atoms with Gasteiger partial charge in [0.2, 0.25) is 5.91 Å². The Morgan fingerprint density at radius 1 is 1.07 bits per heavy atom. The lowest BCUT2D eigenvalue weighted by molar-refractivity contribution is -0.154. The van der Waals surface area contributed by atoms with E-state index < -0.39 is 12.0 Å². The highest BCUT2D eigenvalue weighted by Gasteiger charge is 2.40. The zero-order valence-electron chi connectivity index (χ0n) is 23.9. The summed E-state index contributed by atoms with van der Waals surface area (Å²) in [5.74, 6) is 0.123. The average molecular weight is 562 g/mol. The van der Waals surface area contributed by atoms with E-state index >= 15 is 0 Å². The van der Waals surface area contributed by atoms with E-state index in [1.165, 1.54) is 28.9 Å². The number of benzene rings is 2. The molecule has 2 amide bonds. The molecular formula is C31H35N3O7. The smallest absolute Gasteiger partial charge is 0.329 e. The standard InChI is InChI=1S/C31H35N3O7/c1-19(2)41-29-16-21(9-14-28(29)39-5)22-15-27(34(17-22)20(3)35)31(38)40-18-23-7-6-8-26(32-23)30(37)33(4)24-10-12-25(36)13-11-24/h6-14,16,19,22,27,36H,15,17-18H2,1-5H3/t22-,27-/m1/s1. The van der Waals surface area contributed by atoms with Crippen molar-refractivity contribution in [1.82, 2.24) is 9.88 Å². The summed E-state index contributed by atoms with van der Waals surface area (Å²) >= 11 is 0. The molecule has 1 aliphatic heterocycles. The first-order valence-electron chi connectivity index (χ1n) is 13.4. The number of hydrogen-bond acceptors (Lipinski definition) is 8. The van der Waals surface area contributed by atoms with E-state index in [1.54, 1.807) is 44.5 Å². The van der Waals surface area contributed by atoms with Gasteiger partial charge < -0.3 is 29.1 Å². The van der Waals surface area contributed by atoms with Gasteiger partial charge in [-0.15, -0.1) is 0 Å². The zero-order chi connectivity index (χ0) is 29.7. The van der Waals surface area contributed by atoms with Crippen LogP contribution < -0.4 is 14.4 Å². The van der Waals surface area contributed by atoms with Crippen LogP contribution in [0.3, 0.4) is 0 Å². The highest BCUT2D eigenvalue weighted by molar-refractivity contribution is 6.04. The molecule has 1 fully saturated rings. The molecule has 2 heterocycles. The normalized spacial score (nSPS) is 16.4. The molecule has 1 saturated heterocycles. The molecule has 1 aromatic heterocycles. The molecule has 216 valence electrons. The summed E-state index contributed by atoms with van der Waals surface area (Å²) in [4.78, 5) is 45.9. The van der Waals surface area contributed by atoms with E-state index in [0.29, 0.717) is 35.8 Å². The highest BCUT2D eigenvalue weighted by Crippen LogP contribution is 2.37. The van der Waals surface area contributed by atoms with Gasteiger partial charge in [0.1, 0.15) is 24.1 Å². The summed E-state index contributed by atoms with van der Waals surface area (Å²) in [6.07, 6.45) is 0.352. The highest BCUT2D eigenvalue weighted by atomic mass is 16.5. The molecule has 41 heavy (non-hydrogen) atoms. The fourth-order valence-corrected chi connectivity index (χ4v) is 4.83. The minimum Gasteiger partial charge on any atom is -0.508 e. The van der Waals surface area contributed by atoms with Crippen molar-refractivity contribution >= 4 is 23.5 Å². The van der Waals surface area contributed by atoms with Crippen molar-refractivity contribution in [2.75, 3.05) is 25.6 Å². The Hall–Kier alpha value is -4.60. The number of carbonyl (C=O) groups is 3. The molecule has 0 unspecified atom stereocenters. The molecular weight excluding hydrogens is 526 g/mol. The number of aromatic hydroxyl groups is 1. The first-order valence-corrected chi connectivity index (χ1v) is 13.4. The lowest BCUT2D eigenvalue weighted by atomic mass is 9.96. The second kappa shape index (κ2) is 12.7. The van der Waals surface area contributed by atoms with E-state index in [4.69, 9.17) is 14.2 Å². The van der Waals surface area contributed by atoms with Gasteiger partial charge >= 0.3 is 5.97 Å². The molecule has 0 radical (unpaired) electrons. The van der Waals surface area contributed by atoms with Crippen molar-refractivity contribution in [2.24, 2.45) is 0 Å². The molecule has 1 N–H and O–H groups in total. The van der Waals surface area contributed by atoms with E-state index in [1.807, 2.05) is 32.0 Å². The number of amides is 2. The largest absolute Gasteiger partial charge is 0.508 e. The van der Waals surface area contributed by atoms with Gasteiger partial charge in [-0.05, 0) is 74.4 Å². The van der Waals surface area contributed by atoms with Crippen LogP contribution >= 0.6 is 0 Å². The lowest BCUT2D eigenvalue weighted by Crippen LogP contribution is -2.40. The third-order valence-electron chi connectivity index (χ3n) is 6.93. The number of rotatable bonds is 9. The number of phenolic OH excluding ortho intramolecular Hbond substituents is 1. The van der Waals surface area contributed by atoms with Crippen LogP contribution in [0.1, 0.15) is 54.9 Å². The number of hydrogen-bond donors (Lipinski definition) is 1. The summed E-state index contributed by atoms with van der Waals surface area (Å²) in [5.41, 5.74) is 2.11. The molecule has 10 heteroatoms. The lowest BCUT2D eigenvalue weighted by Gasteiger charge is -2.21. The van der Waals surface area contributed by atoms with Crippen LogP contribution in [0.15, 0.2) is 60.7 Å². The molecule has 2 atom stereocenters. The average Bonchev–Trinajstić information content (AvgIpc) is 3.42. The Labute approximate surface area is 239 Å². The summed E-state index contributed by atoms with van der Waals surface area (Å²) in [7, 11) is 3.19. The number of phenols is 1. The number of methoxy groups -OCH3 is 1. The minimum absolute atomic E-state index is 0.0465. The van der Waals surface area contributed by atoms with Gasteiger partial charge in [-0.25, -0.2) is 9.78 Å². The maximum absolute atomic E-state index is 13.2. The van der Waals surface area contributed by atoms with Gasteiger partial charge in [0.25, 0.3) is 5.91 Å². The quantitative estimate of drug-likeness (QED) is 0.384. The van der Waals surface area contributed by atoms with Crippen molar-refractivity contribution in [2.45, 2.75) is 51.9 Å². The SMILES string of the molecule is COc1ccc([C@@H]2C[C@H](C(=O)OCc3cccc(C(=O)N(C)c4ccc(O)cc4)n3)N(C(C)=O)C2)cc1OC(C)C. The second-order valence-corrected chi connectivity index (χ2v) is 10.2. The third-order valence-corrected chi connectivity index (χ3v) is 6.93. The van der Waals surface area contributed by atoms with E-state index in [-0.39, 0.29) is 41.9 Å². The summed E-state index contributed by atoms with van der Waals surface area (Å²) in [6.45, 7) is 5.52. The van der Waals surface area contributed by atoms with Crippen LogP contribution in [0.25, 0.3) is 0 Å². The Balaban J connectivity index is 1.44. The Morgan fingerprint density at radius 3 is 2.46 bits per heavy atom. The van der Waals surface area contributed by atoms with Gasteiger partial charge in [-0.1, -0.05) is 12.1 Å². The maximum Gasteiger partial charge on any atom is 0.329 e. The van der Waals surface area contributed by atoms with Crippen molar-refractivity contribution in [3.63, 3.8) is 0 Å². The van der Waals surface area contributed by atoms with E-state index in [9.17, 15) is 19.5 Å². The Morgan fingerprint density at radius 2 is 1.80 bits per heavy atom.